The molecule has 1 amide bonds. The molecule has 1 heterocycles. The zero-order chi connectivity index (χ0) is 22.4. The first-order valence-corrected chi connectivity index (χ1v) is 11.2. The molecule has 0 radical (unpaired) electrons. The largest absolute Gasteiger partial charge is 0.359 e. The zero-order valence-corrected chi connectivity index (χ0v) is 19.1. The number of nitrogens with zero attached hydrogens (tertiary/aromatic N) is 3. The lowest BCUT2D eigenvalue weighted by molar-refractivity contribution is 0.102. The van der Waals surface area contributed by atoms with E-state index in [1.54, 1.807) is 17.8 Å². The van der Waals surface area contributed by atoms with Gasteiger partial charge in [0.25, 0.3) is 5.91 Å². The van der Waals surface area contributed by atoms with Crippen LogP contribution in [0.15, 0.2) is 53.7 Å². The fourth-order valence-corrected chi connectivity index (χ4v) is 3.98. The first kappa shape index (κ1) is 22.7. The molecule has 1 N–H and O–H groups in total. The van der Waals surface area contributed by atoms with E-state index in [-0.39, 0.29) is 11.7 Å². The number of halogens is 1. The Bertz CT molecular complexity index is 1060. The fraction of sp³-hybridized carbons (Fsp3) is 0.292. The lowest BCUT2D eigenvalue weighted by atomic mass is 10.1. The van der Waals surface area contributed by atoms with Gasteiger partial charge in [0.05, 0.1) is 0 Å². The minimum absolute atomic E-state index is 0.232. The second-order valence-electron chi connectivity index (χ2n) is 7.41. The van der Waals surface area contributed by atoms with Crippen LogP contribution < -0.4 is 10.2 Å². The van der Waals surface area contributed by atoms with Crippen LogP contribution in [0.5, 0.6) is 0 Å². The Labute approximate surface area is 187 Å². The predicted octanol–water partition coefficient (Wildman–Crippen LogP) is 5.62. The van der Waals surface area contributed by atoms with Crippen LogP contribution in [-0.2, 0) is 5.75 Å². The number of anilines is 2. The summed E-state index contributed by atoms with van der Waals surface area (Å²) in [6.45, 7) is 7.14. The van der Waals surface area contributed by atoms with Crippen molar-refractivity contribution in [1.29, 1.82) is 0 Å². The molecule has 7 heteroatoms. The number of benzene rings is 2. The van der Waals surface area contributed by atoms with Crippen molar-refractivity contribution in [3.05, 3.63) is 76.7 Å². The highest BCUT2D eigenvalue weighted by Crippen LogP contribution is 2.26. The highest BCUT2D eigenvalue weighted by Gasteiger charge is 2.13. The van der Waals surface area contributed by atoms with E-state index in [2.05, 4.69) is 36.1 Å². The molecule has 0 aliphatic rings. The SMILES string of the molecule is CCCN(C)c1nc(SCc2cccc(C(=O)Nc3ccc(F)cc3)c2)nc(C)c1C. The molecule has 1 aromatic heterocycles. The number of aryl methyl sites for hydroxylation is 1. The van der Waals surface area contributed by atoms with Gasteiger partial charge in [-0.3, -0.25) is 4.79 Å². The summed E-state index contributed by atoms with van der Waals surface area (Å²) in [4.78, 5) is 24.1. The maximum absolute atomic E-state index is 13.1. The predicted molar refractivity (Wildman–Crippen MR) is 125 cm³/mol. The van der Waals surface area contributed by atoms with Crippen LogP contribution in [0.2, 0.25) is 0 Å². The number of nitrogens with one attached hydrogen (secondary N) is 1. The third-order valence-corrected chi connectivity index (χ3v) is 5.84. The zero-order valence-electron chi connectivity index (χ0n) is 18.3. The van der Waals surface area contributed by atoms with Gasteiger partial charge in [0.2, 0.25) is 0 Å². The molecule has 0 unspecified atom stereocenters. The minimum Gasteiger partial charge on any atom is -0.359 e. The van der Waals surface area contributed by atoms with Crippen LogP contribution in [0, 0.1) is 19.7 Å². The highest BCUT2D eigenvalue weighted by atomic mass is 32.2. The van der Waals surface area contributed by atoms with Crippen molar-refractivity contribution < 1.29 is 9.18 Å². The first-order valence-electron chi connectivity index (χ1n) is 10.2. The van der Waals surface area contributed by atoms with E-state index in [9.17, 15) is 9.18 Å². The third-order valence-electron chi connectivity index (χ3n) is 4.92. The van der Waals surface area contributed by atoms with Crippen LogP contribution in [0.1, 0.15) is 40.5 Å². The van der Waals surface area contributed by atoms with Gasteiger partial charge < -0.3 is 10.2 Å². The molecule has 0 atom stereocenters. The van der Waals surface area contributed by atoms with Crippen molar-refractivity contribution in [2.24, 2.45) is 0 Å². The summed E-state index contributed by atoms with van der Waals surface area (Å²) in [6.07, 6.45) is 1.05. The Morgan fingerprint density at radius 3 is 2.58 bits per heavy atom. The van der Waals surface area contributed by atoms with Gasteiger partial charge in [-0.2, -0.15) is 0 Å². The molecular formula is C24H27FN4OS. The average molecular weight is 439 g/mol. The second kappa shape index (κ2) is 10.4. The van der Waals surface area contributed by atoms with Crippen molar-refractivity contribution in [3.8, 4) is 0 Å². The van der Waals surface area contributed by atoms with Gasteiger partial charge in [0, 0.05) is 41.9 Å². The van der Waals surface area contributed by atoms with E-state index >= 15 is 0 Å². The molecule has 0 fully saturated rings. The Kier molecular flexibility index (Phi) is 7.63. The number of amides is 1. The van der Waals surface area contributed by atoms with Crippen LogP contribution in [0.25, 0.3) is 0 Å². The Hall–Kier alpha value is -2.93. The molecule has 0 aliphatic carbocycles. The van der Waals surface area contributed by atoms with Crippen molar-refractivity contribution in [2.45, 2.75) is 38.1 Å². The summed E-state index contributed by atoms with van der Waals surface area (Å²) in [5.74, 6) is 1.04. The molecule has 3 rings (SSSR count). The number of hydrogen-bond donors (Lipinski definition) is 1. The van der Waals surface area contributed by atoms with E-state index < -0.39 is 0 Å². The fourth-order valence-electron chi connectivity index (χ4n) is 3.15. The molecule has 0 saturated carbocycles. The molecule has 2 aromatic carbocycles. The number of carbonyl (C=O) groups excluding carboxylic acids is 1. The first-order chi connectivity index (χ1) is 14.9. The van der Waals surface area contributed by atoms with Gasteiger partial charge in [-0.15, -0.1) is 0 Å². The van der Waals surface area contributed by atoms with Gasteiger partial charge in [0.1, 0.15) is 11.6 Å². The van der Waals surface area contributed by atoms with E-state index in [0.29, 0.717) is 17.0 Å². The molecule has 0 aliphatic heterocycles. The lowest BCUT2D eigenvalue weighted by Crippen LogP contribution is -2.21. The maximum Gasteiger partial charge on any atom is 0.255 e. The van der Waals surface area contributed by atoms with Crippen molar-refractivity contribution in [2.75, 3.05) is 23.8 Å². The minimum atomic E-state index is -0.338. The molecule has 31 heavy (non-hydrogen) atoms. The summed E-state index contributed by atoms with van der Waals surface area (Å²) in [6, 6.07) is 13.2. The lowest BCUT2D eigenvalue weighted by Gasteiger charge is -2.20. The molecule has 0 spiro atoms. The smallest absolute Gasteiger partial charge is 0.255 e. The van der Waals surface area contributed by atoms with E-state index in [0.717, 1.165) is 40.8 Å². The maximum atomic E-state index is 13.1. The van der Waals surface area contributed by atoms with Crippen molar-refractivity contribution in [3.63, 3.8) is 0 Å². The number of carbonyl (C=O) groups is 1. The normalized spacial score (nSPS) is 10.7. The second-order valence-corrected chi connectivity index (χ2v) is 8.35. The molecule has 3 aromatic rings. The van der Waals surface area contributed by atoms with Gasteiger partial charge >= 0.3 is 0 Å². The summed E-state index contributed by atoms with van der Waals surface area (Å²) >= 11 is 1.55. The molecule has 5 nitrogen and oxygen atoms in total. The number of rotatable bonds is 8. The van der Waals surface area contributed by atoms with E-state index in [4.69, 9.17) is 4.98 Å². The molecule has 0 bridgehead atoms. The van der Waals surface area contributed by atoms with Crippen molar-refractivity contribution in [1.82, 2.24) is 9.97 Å². The van der Waals surface area contributed by atoms with Crippen LogP contribution in [0.4, 0.5) is 15.9 Å². The molecule has 162 valence electrons. The monoisotopic (exact) mass is 438 g/mol. The van der Waals surface area contributed by atoms with Gasteiger partial charge in [-0.1, -0.05) is 30.8 Å². The highest BCUT2D eigenvalue weighted by molar-refractivity contribution is 7.98. The van der Waals surface area contributed by atoms with E-state index in [1.807, 2.05) is 25.1 Å². The summed E-state index contributed by atoms with van der Waals surface area (Å²) in [7, 11) is 2.05. The summed E-state index contributed by atoms with van der Waals surface area (Å²) in [5.41, 5.74) is 4.18. The quantitative estimate of drug-likeness (QED) is 0.365. The summed E-state index contributed by atoms with van der Waals surface area (Å²) < 4.78 is 13.1. The Morgan fingerprint density at radius 2 is 1.87 bits per heavy atom. The topological polar surface area (TPSA) is 58.1 Å². The van der Waals surface area contributed by atoms with Crippen LogP contribution in [0.3, 0.4) is 0 Å². The molecular weight excluding hydrogens is 411 g/mol. The Morgan fingerprint density at radius 1 is 1.13 bits per heavy atom. The van der Waals surface area contributed by atoms with E-state index in [1.165, 1.54) is 24.3 Å². The van der Waals surface area contributed by atoms with Crippen molar-refractivity contribution >= 4 is 29.2 Å². The number of aromatic nitrogens is 2. The summed E-state index contributed by atoms with van der Waals surface area (Å²) in [5, 5.41) is 3.51. The molecule has 0 saturated heterocycles. The van der Waals surface area contributed by atoms with Crippen LogP contribution >= 0.6 is 11.8 Å². The van der Waals surface area contributed by atoms with Crippen LogP contribution in [-0.4, -0.2) is 29.5 Å². The number of hydrogen-bond acceptors (Lipinski definition) is 5. The third kappa shape index (κ3) is 6.04. The van der Waals surface area contributed by atoms with Gasteiger partial charge in [-0.05, 0) is 62.2 Å². The van der Waals surface area contributed by atoms with Gasteiger partial charge in [-0.25, -0.2) is 14.4 Å². The average Bonchev–Trinajstić information content (AvgIpc) is 2.76. The number of thioether (sulfide) groups is 1. The standard InChI is InChI=1S/C24H27FN4OS/c1-5-13-29(4)22-16(2)17(3)26-24(28-22)31-15-18-7-6-8-19(14-18)23(30)27-21-11-9-20(25)10-12-21/h6-12,14H,5,13,15H2,1-4H3,(H,27,30). The Balaban J connectivity index is 1.70. The van der Waals surface area contributed by atoms with Gasteiger partial charge in [0.15, 0.2) is 5.16 Å².